The first kappa shape index (κ1) is 23.2. The molecule has 32 heavy (non-hydrogen) atoms. The van der Waals surface area contributed by atoms with Crippen molar-refractivity contribution in [1.29, 1.82) is 5.26 Å². The van der Waals surface area contributed by atoms with E-state index >= 15 is 0 Å². The molecule has 1 aliphatic heterocycles. The van der Waals surface area contributed by atoms with Gasteiger partial charge in [0.2, 0.25) is 0 Å². The molecule has 3 N–H and O–H groups in total. The van der Waals surface area contributed by atoms with Gasteiger partial charge in [-0.2, -0.15) is 5.26 Å². The fraction of sp³-hybridized carbons (Fsp3) is 0.333. The van der Waals surface area contributed by atoms with Crippen molar-refractivity contribution >= 4 is 35.0 Å². The number of nitriles is 1. The SMILES string of the molecule is CC(C)CC1(C)NC(=S)N(Cc2ccc(CNC(=O)Nc3ccc(C#N)cc3)cc2)C1=O. The summed E-state index contributed by atoms with van der Waals surface area (Å²) < 4.78 is 0. The Bertz CT molecular complexity index is 1040. The second-order valence-electron chi connectivity index (χ2n) is 8.56. The fourth-order valence-electron chi connectivity index (χ4n) is 3.78. The summed E-state index contributed by atoms with van der Waals surface area (Å²) in [5, 5.41) is 18.0. The topological polar surface area (TPSA) is 97.3 Å². The predicted molar refractivity (Wildman–Crippen MR) is 128 cm³/mol. The lowest BCUT2D eigenvalue weighted by molar-refractivity contribution is -0.131. The largest absolute Gasteiger partial charge is 0.348 e. The highest BCUT2D eigenvalue weighted by Crippen LogP contribution is 2.26. The zero-order valence-electron chi connectivity index (χ0n) is 18.4. The highest BCUT2D eigenvalue weighted by Gasteiger charge is 2.45. The minimum Gasteiger partial charge on any atom is -0.348 e. The van der Waals surface area contributed by atoms with Crippen molar-refractivity contribution in [3.05, 3.63) is 65.2 Å². The molecule has 7 nitrogen and oxygen atoms in total. The number of urea groups is 1. The van der Waals surface area contributed by atoms with Gasteiger partial charge in [0.1, 0.15) is 5.54 Å². The maximum Gasteiger partial charge on any atom is 0.319 e. The van der Waals surface area contributed by atoms with E-state index in [0.717, 1.165) is 17.5 Å². The molecule has 8 heteroatoms. The van der Waals surface area contributed by atoms with Crippen molar-refractivity contribution in [3.8, 4) is 6.07 Å². The lowest BCUT2D eigenvalue weighted by Crippen LogP contribution is -2.44. The number of hydrogen-bond acceptors (Lipinski definition) is 4. The van der Waals surface area contributed by atoms with Gasteiger partial charge in [-0.1, -0.05) is 38.1 Å². The van der Waals surface area contributed by atoms with Gasteiger partial charge in [-0.15, -0.1) is 0 Å². The Balaban J connectivity index is 1.52. The van der Waals surface area contributed by atoms with Gasteiger partial charge < -0.3 is 16.0 Å². The van der Waals surface area contributed by atoms with Crippen LogP contribution < -0.4 is 16.0 Å². The Hall–Kier alpha value is -3.44. The van der Waals surface area contributed by atoms with Gasteiger partial charge in [-0.25, -0.2) is 4.79 Å². The Labute approximate surface area is 193 Å². The Kier molecular flexibility index (Phi) is 7.11. The number of anilines is 1. The quantitative estimate of drug-likeness (QED) is 0.557. The van der Waals surface area contributed by atoms with Crippen LogP contribution in [0, 0.1) is 17.2 Å². The average molecular weight is 450 g/mol. The number of nitrogens with zero attached hydrogens (tertiary/aromatic N) is 2. The highest BCUT2D eigenvalue weighted by molar-refractivity contribution is 7.80. The number of rotatable bonds is 7. The molecule has 0 aliphatic carbocycles. The van der Waals surface area contributed by atoms with E-state index in [2.05, 4.69) is 29.8 Å². The van der Waals surface area contributed by atoms with Gasteiger partial charge in [0.05, 0.1) is 18.2 Å². The molecule has 0 spiro atoms. The number of amides is 3. The van der Waals surface area contributed by atoms with E-state index in [1.165, 1.54) is 0 Å². The van der Waals surface area contributed by atoms with Crippen LogP contribution in [0.3, 0.4) is 0 Å². The number of carbonyl (C=O) groups excluding carboxylic acids is 2. The molecule has 3 amide bonds. The molecule has 1 atom stereocenters. The molecule has 1 fully saturated rings. The number of nitrogens with one attached hydrogen (secondary N) is 3. The standard InChI is InChI=1S/C24H27N5O2S/c1-16(2)12-24(3)21(30)29(23(32)28-24)15-19-6-4-18(5-7-19)14-26-22(31)27-20-10-8-17(13-25)9-11-20/h4-11,16H,12,14-15H2,1-3H3,(H,28,32)(H2,26,27,31). The zero-order valence-corrected chi connectivity index (χ0v) is 19.3. The number of carbonyl (C=O) groups is 2. The molecular weight excluding hydrogens is 422 g/mol. The van der Waals surface area contributed by atoms with Gasteiger partial charge in [-0.05, 0) is 66.9 Å². The van der Waals surface area contributed by atoms with Crippen molar-refractivity contribution in [1.82, 2.24) is 15.5 Å². The molecule has 0 saturated carbocycles. The van der Waals surface area contributed by atoms with Crippen molar-refractivity contribution in [3.63, 3.8) is 0 Å². The molecule has 166 valence electrons. The van der Waals surface area contributed by atoms with Gasteiger partial charge >= 0.3 is 6.03 Å². The summed E-state index contributed by atoms with van der Waals surface area (Å²) in [6.07, 6.45) is 0.720. The summed E-state index contributed by atoms with van der Waals surface area (Å²) in [5.74, 6) is 0.376. The van der Waals surface area contributed by atoms with E-state index in [4.69, 9.17) is 17.5 Å². The zero-order chi connectivity index (χ0) is 23.3. The van der Waals surface area contributed by atoms with E-state index < -0.39 is 5.54 Å². The van der Waals surface area contributed by atoms with Crippen LogP contribution in [0.15, 0.2) is 48.5 Å². The van der Waals surface area contributed by atoms with Gasteiger partial charge in [0, 0.05) is 12.2 Å². The van der Waals surface area contributed by atoms with Crippen LogP contribution in [-0.4, -0.2) is 27.5 Å². The molecule has 0 aromatic heterocycles. The van der Waals surface area contributed by atoms with E-state index in [1.54, 1.807) is 29.2 Å². The third-order valence-electron chi connectivity index (χ3n) is 5.25. The van der Waals surface area contributed by atoms with E-state index in [1.807, 2.05) is 37.3 Å². The third kappa shape index (κ3) is 5.62. The molecule has 1 unspecified atom stereocenters. The minimum atomic E-state index is -0.655. The Morgan fingerprint density at radius 3 is 2.38 bits per heavy atom. The van der Waals surface area contributed by atoms with E-state index in [9.17, 15) is 9.59 Å². The summed E-state index contributed by atoms with van der Waals surface area (Å²) >= 11 is 5.41. The number of hydrogen-bond donors (Lipinski definition) is 3. The van der Waals surface area contributed by atoms with Crippen molar-refractivity contribution < 1.29 is 9.59 Å². The van der Waals surface area contributed by atoms with Crippen LogP contribution in [-0.2, 0) is 17.9 Å². The average Bonchev–Trinajstić information content (AvgIpc) is 2.96. The van der Waals surface area contributed by atoms with Crippen molar-refractivity contribution in [2.24, 2.45) is 5.92 Å². The first-order valence-electron chi connectivity index (χ1n) is 10.5. The smallest absolute Gasteiger partial charge is 0.319 e. The fourth-order valence-corrected chi connectivity index (χ4v) is 4.15. The molecule has 1 saturated heterocycles. The molecule has 1 aliphatic rings. The summed E-state index contributed by atoms with van der Waals surface area (Å²) in [6.45, 7) is 6.84. The van der Waals surface area contributed by atoms with Crippen LogP contribution >= 0.6 is 12.2 Å². The molecule has 0 radical (unpaired) electrons. The second-order valence-corrected chi connectivity index (χ2v) is 8.95. The maximum atomic E-state index is 12.9. The van der Waals surface area contributed by atoms with Crippen LogP contribution in [0.4, 0.5) is 10.5 Å². The molecule has 2 aromatic carbocycles. The maximum absolute atomic E-state index is 12.9. The lowest BCUT2D eigenvalue weighted by atomic mass is 9.91. The molecule has 3 rings (SSSR count). The van der Waals surface area contributed by atoms with Crippen molar-refractivity contribution in [2.45, 2.75) is 45.8 Å². The van der Waals surface area contributed by atoms with Gasteiger partial charge in [0.15, 0.2) is 5.11 Å². The summed E-state index contributed by atoms with van der Waals surface area (Å²) in [6, 6.07) is 16.1. The van der Waals surface area contributed by atoms with Crippen LogP contribution in [0.25, 0.3) is 0 Å². The first-order chi connectivity index (χ1) is 15.2. The third-order valence-corrected chi connectivity index (χ3v) is 5.57. The minimum absolute atomic E-state index is 0.00131. The van der Waals surface area contributed by atoms with Gasteiger partial charge in [0.25, 0.3) is 5.91 Å². The second kappa shape index (κ2) is 9.79. The monoisotopic (exact) mass is 449 g/mol. The molecule has 2 aromatic rings. The molecular formula is C24H27N5O2S. The summed E-state index contributed by atoms with van der Waals surface area (Å²) in [5.41, 5.74) is 2.38. The van der Waals surface area contributed by atoms with E-state index in [-0.39, 0.29) is 11.9 Å². The van der Waals surface area contributed by atoms with Crippen LogP contribution in [0.1, 0.15) is 43.9 Å². The first-order valence-corrected chi connectivity index (χ1v) is 10.9. The number of benzene rings is 2. The Morgan fingerprint density at radius 1 is 1.16 bits per heavy atom. The lowest BCUT2D eigenvalue weighted by Gasteiger charge is -2.24. The number of thiocarbonyl (C=S) groups is 1. The molecule has 1 heterocycles. The Morgan fingerprint density at radius 2 is 1.78 bits per heavy atom. The van der Waals surface area contributed by atoms with Crippen LogP contribution in [0.5, 0.6) is 0 Å². The van der Waals surface area contributed by atoms with Crippen molar-refractivity contribution in [2.75, 3.05) is 5.32 Å². The summed E-state index contributed by atoms with van der Waals surface area (Å²) in [4.78, 5) is 26.6. The van der Waals surface area contributed by atoms with E-state index in [0.29, 0.717) is 35.4 Å². The normalized spacial score (nSPS) is 17.8. The summed E-state index contributed by atoms with van der Waals surface area (Å²) in [7, 11) is 0. The molecule has 0 bridgehead atoms. The van der Waals surface area contributed by atoms with Gasteiger partial charge in [-0.3, -0.25) is 9.69 Å². The van der Waals surface area contributed by atoms with Crippen LogP contribution in [0.2, 0.25) is 0 Å². The predicted octanol–water partition coefficient (Wildman–Crippen LogP) is 3.90. The highest BCUT2D eigenvalue weighted by atomic mass is 32.1.